The third-order valence-electron chi connectivity index (χ3n) is 2.16. The number of carbonyl (C=O) groups excluding carboxylic acids is 1. The number of halogens is 1. The minimum absolute atomic E-state index is 0.214. The van der Waals surface area contributed by atoms with Crippen molar-refractivity contribution in [3.05, 3.63) is 10.0 Å². The first-order valence-electron chi connectivity index (χ1n) is 5.02. The van der Waals surface area contributed by atoms with E-state index in [-0.39, 0.29) is 5.15 Å². The number of rotatable bonds is 4. The second kappa shape index (κ2) is 5.50. The van der Waals surface area contributed by atoms with E-state index in [2.05, 4.69) is 28.5 Å². The van der Waals surface area contributed by atoms with Gasteiger partial charge in [-0.05, 0) is 20.8 Å². The fourth-order valence-corrected chi connectivity index (χ4v) is 2.75. The molecule has 6 heteroatoms. The molecule has 0 aliphatic rings. The van der Waals surface area contributed by atoms with Gasteiger partial charge in [-0.25, -0.2) is 9.78 Å². The van der Waals surface area contributed by atoms with E-state index in [1.54, 1.807) is 0 Å². The molecule has 0 N–H and O–H groups in total. The lowest BCUT2D eigenvalue weighted by molar-refractivity contribution is 0.0606. The van der Waals surface area contributed by atoms with Crippen molar-refractivity contribution in [1.82, 2.24) is 4.98 Å². The van der Waals surface area contributed by atoms with Gasteiger partial charge in [-0.15, -0.1) is 0 Å². The number of esters is 1. The zero-order chi connectivity index (χ0) is 12.3. The van der Waals surface area contributed by atoms with Crippen LogP contribution in [0.2, 0.25) is 5.15 Å². The first-order chi connectivity index (χ1) is 7.51. The van der Waals surface area contributed by atoms with Crippen LogP contribution < -0.4 is 4.90 Å². The van der Waals surface area contributed by atoms with Crippen LogP contribution in [-0.2, 0) is 4.74 Å². The molecule has 16 heavy (non-hydrogen) atoms. The highest BCUT2D eigenvalue weighted by Crippen LogP contribution is 2.31. The summed E-state index contributed by atoms with van der Waals surface area (Å²) in [4.78, 5) is 18.0. The molecule has 1 aromatic rings. The lowest BCUT2D eigenvalue weighted by Crippen LogP contribution is -2.30. The third-order valence-corrected chi connectivity index (χ3v) is 3.61. The van der Waals surface area contributed by atoms with Crippen LogP contribution >= 0.6 is 22.9 Å². The zero-order valence-corrected chi connectivity index (χ0v) is 11.4. The van der Waals surface area contributed by atoms with Crippen molar-refractivity contribution in [2.75, 3.05) is 18.6 Å². The molecule has 0 amide bonds. The SMILES string of the molecule is CCN(c1nc(Cl)c(C(=O)OC)s1)C(C)C. The molecule has 0 atom stereocenters. The van der Waals surface area contributed by atoms with Gasteiger partial charge < -0.3 is 9.64 Å². The lowest BCUT2D eigenvalue weighted by atomic mass is 10.3. The Labute approximate surface area is 104 Å². The Hall–Kier alpha value is -0.810. The quantitative estimate of drug-likeness (QED) is 0.783. The standard InChI is InChI=1S/C10H15ClN2O2S/c1-5-13(6(2)3)10-12-8(11)7(16-10)9(14)15-4/h6H,5H2,1-4H3. The van der Waals surface area contributed by atoms with Crippen LogP contribution in [0.15, 0.2) is 0 Å². The van der Waals surface area contributed by atoms with Gasteiger partial charge in [0.15, 0.2) is 15.2 Å². The van der Waals surface area contributed by atoms with E-state index in [4.69, 9.17) is 11.6 Å². The molecule has 1 heterocycles. The molecule has 0 saturated heterocycles. The van der Waals surface area contributed by atoms with E-state index in [0.29, 0.717) is 10.9 Å². The smallest absolute Gasteiger partial charge is 0.351 e. The predicted octanol–water partition coefficient (Wildman–Crippen LogP) is 2.82. The van der Waals surface area contributed by atoms with E-state index in [9.17, 15) is 4.79 Å². The number of aromatic nitrogens is 1. The second-order valence-corrected chi connectivity index (χ2v) is 4.82. The first kappa shape index (κ1) is 13.3. The summed E-state index contributed by atoms with van der Waals surface area (Å²) in [6.07, 6.45) is 0. The van der Waals surface area contributed by atoms with E-state index in [1.165, 1.54) is 18.4 Å². The Morgan fingerprint density at radius 1 is 1.62 bits per heavy atom. The highest BCUT2D eigenvalue weighted by atomic mass is 35.5. The van der Waals surface area contributed by atoms with E-state index < -0.39 is 5.97 Å². The summed E-state index contributed by atoms with van der Waals surface area (Å²) in [7, 11) is 1.33. The van der Waals surface area contributed by atoms with Gasteiger partial charge >= 0.3 is 5.97 Å². The van der Waals surface area contributed by atoms with Crippen LogP contribution in [0.1, 0.15) is 30.4 Å². The van der Waals surface area contributed by atoms with Crippen LogP contribution in [0.4, 0.5) is 5.13 Å². The molecule has 0 radical (unpaired) electrons. The molecule has 0 bridgehead atoms. The molecule has 0 spiro atoms. The first-order valence-corrected chi connectivity index (χ1v) is 6.22. The Morgan fingerprint density at radius 3 is 2.69 bits per heavy atom. The molecular weight excluding hydrogens is 248 g/mol. The molecule has 0 saturated carbocycles. The van der Waals surface area contributed by atoms with Gasteiger partial charge in [0.05, 0.1) is 7.11 Å². The number of ether oxygens (including phenoxy) is 1. The molecule has 0 unspecified atom stereocenters. The molecule has 4 nitrogen and oxygen atoms in total. The van der Waals surface area contributed by atoms with Crippen molar-refractivity contribution < 1.29 is 9.53 Å². The summed E-state index contributed by atoms with van der Waals surface area (Å²) in [5.41, 5.74) is 0. The average molecular weight is 263 g/mol. The average Bonchev–Trinajstić information content (AvgIpc) is 2.59. The molecule has 0 aliphatic heterocycles. The summed E-state index contributed by atoms with van der Waals surface area (Å²) >= 11 is 7.16. The number of methoxy groups -OCH3 is 1. The summed E-state index contributed by atoms with van der Waals surface area (Å²) in [5.74, 6) is -0.437. The van der Waals surface area contributed by atoms with E-state index in [0.717, 1.165) is 11.7 Å². The normalized spacial score (nSPS) is 10.6. The fourth-order valence-electron chi connectivity index (χ4n) is 1.35. The maximum Gasteiger partial charge on any atom is 0.351 e. The van der Waals surface area contributed by atoms with Gasteiger partial charge in [-0.3, -0.25) is 0 Å². The summed E-state index contributed by atoms with van der Waals surface area (Å²) in [6, 6.07) is 0.317. The summed E-state index contributed by atoms with van der Waals surface area (Å²) < 4.78 is 4.63. The lowest BCUT2D eigenvalue weighted by Gasteiger charge is -2.23. The second-order valence-electron chi connectivity index (χ2n) is 3.49. The zero-order valence-electron chi connectivity index (χ0n) is 9.78. The number of hydrogen-bond donors (Lipinski definition) is 0. The van der Waals surface area contributed by atoms with Gasteiger partial charge in [-0.1, -0.05) is 22.9 Å². The molecule has 1 aromatic heterocycles. The maximum atomic E-state index is 11.4. The van der Waals surface area contributed by atoms with Crippen LogP contribution in [-0.4, -0.2) is 30.6 Å². The van der Waals surface area contributed by atoms with E-state index in [1.807, 2.05) is 6.92 Å². The van der Waals surface area contributed by atoms with Crippen molar-refractivity contribution in [3.8, 4) is 0 Å². The highest BCUT2D eigenvalue weighted by Gasteiger charge is 2.21. The minimum Gasteiger partial charge on any atom is -0.465 e. The van der Waals surface area contributed by atoms with Crippen molar-refractivity contribution in [3.63, 3.8) is 0 Å². The summed E-state index contributed by atoms with van der Waals surface area (Å²) in [5, 5.41) is 0.967. The van der Waals surface area contributed by atoms with Gasteiger partial charge in [0.25, 0.3) is 0 Å². The number of anilines is 1. The molecule has 0 aliphatic carbocycles. The summed E-state index contributed by atoms with van der Waals surface area (Å²) in [6.45, 7) is 6.99. The van der Waals surface area contributed by atoms with Crippen molar-refractivity contribution in [2.24, 2.45) is 0 Å². The van der Waals surface area contributed by atoms with Crippen molar-refractivity contribution in [2.45, 2.75) is 26.8 Å². The molecule has 0 aromatic carbocycles. The molecule has 0 fully saturated rings. The van der Waals surface area contributed by atoms with E-state index >= 15 is 0 Å². The van der Waals surface area contributed by atoms with Crippen LogP contribution in [0.5, 0.6) is 0 Å². The van der Waals surface area contributed by atoms with Crippen molar-refractivity contribution >= 4 is 34.0 Å². The van der Waals surface area contributed by atoms with Crippen LogP contribution in [0.25, 0.3) is 0 Å². The highest BCUT2D eigenvalue weighted by molar-refractivity contribution is 7.18. The van der Waals surface area contributed by atoms with Gasteiger partial charge in [0.2, 0.25) is 0 Å². The fraction of sp³-hybridized carbons (Fsp3) is 0.600. The van der Waals surface area contributed by atoms with Gasteiger partial charge in [-0.2, -0.15) is 0 Å². The van der Waals surface area contributed by atoms with Gasteiger partial charge in [0.1, 0.15) is 0 Å². The maximum absolute atomic E-state index is 11.4. The minimum atomic E-state index is -0.437. The molecule has 1 rings (SSSR count). The molecule has 90 valence electrons. The number of carbonyl (C=O) groups is 1. The topological polar surface area (TPSA) is 42.4 Å². The Bertz CT molecular complexity index is 379. The number of hydrogen-bond acceptors (Lipinski definition) is 5. The van der Waals surface area contributed by atoms with Crippen LogP contribution in [0, 0.1) is 0 Å². The molecular formula is C10H15ClN2O2S. The van der Waals surface area contributed by atoms with Crippen molar-refractivity contribution in [1.29, 1.82) is 0 Å². The third kappa shape index (κ3) is 2.65. The Morgan fingerprint density at radius 2 is 2.25 bits per heavy atom. The Balaban J connectivity index is 3.04. The van der Waals surface area contributed by atoms with Crippen LogP contribution in [0.3, 0.4) is 0 Å². The van der Waals surface area contributed by atoms with Gasteiger partial charge in [0, 0.05) is 12.6 Å². The number of thiazole rings is 1. The largest absolute Gasteiger partial charge is 0.465 e. The monoisotopic (exact) mass is 262 g/mol. The Kier molecular flexibility index (Phi) is 4.56. The number of nitrogens with zero attached hydrogens (tertiary/aromatic N) is 2. The predicted molar refractivity (Wildman–Crippen MR) is 66.6 cm³/mol.